The van der Waals surface area contributed by atoms with Gasteiger partial charge in [-0.15, -0.1) is 0 Å². The number of alkyl halides is 3. The molecule has 1 fully saturated rings. The van der Waals surface area contributed by atoms with Crippen molar-refractivity contribution in [3.05, 3.63) is 0 Å². The molecule has 1 unspecified atom stereocenters. The maximum atomic E-state index is 12.6. The third-order valence-electron chi connectivity index (χ3n) is 3.18. The van der Waals surface area contributed by atoms with Gasteiger partial charge in [0.05, 0.1) is 0 Å². The van der Waals surface area contributed by atoms with Gasteiger partial charge in [0, 0.05) is 13.0 Å². The van der Waals surface area contributed by atoms with Gasteiger partial charge in [-0.25, -0.2) is 0 Å². The molecule has 0 bridgehead atoms. The zero-order valence-electron chi connectivity index (χ0n) is 9.54. The molecule has 0 aliphatic carbocycles. The van der Waals surface area contributed by atoms with E-state index in [0.29, 0.717) is 25.9 Å². The number of carbonyl (C=O) groups excluding carboxylic acids is 1. The zero-order valence-corrected chi connectivity index (χ0v) is 9.54. The van der Waals surface area contributed by atoms with Gasteiger partial charge in [-0.3, -0.25) is 9.69 Å². The second-order valence-corrected chi connectivity index (χ2v) is 4.44. The first-order valence-corrected chi connectivity index (χ1v) is 5.63. The standard InChI is InChI=1S/C10H18F3N3O/c11-10(12,13)8(6-14)16-3-1-7(2-4-16)5-9(15)17/h7-8H,1-6,14H2,(H2,15,17). The van der Waals surface area contributed by atoms with Gasteiger partial charge >= 0.3 is 6.18 Å². The lowest BCUT2D eigenvalue weighted by atomic mass is 9.92. The van der Waals surface area contributed by atoms with Crippen molar-refractivity contribution in [2.24, 2.45) is 17.4 Å². The highest BCUT2D eigenvalue weighted by molar-refractivity contribution is 5.73. The maximum absolute atomic E-state index is 12.6. The van der Waals surface area contributed by atoms with E-state index in [9.17, 15) is 18.0 Å². The first kappa shape index (κ1) is 14.2. The first-order chi connectivity index (χ1) is 7.84. The van der Waals surface area contributed by atoms with E-state index >= 15 is 0 Å². The van der Waals surface area contributed by atoms with E-state index in [2.05, 4.69) is 0 Å². The second kappa shape index (κ2) is 5.68. The molecule has 1 saturated heterocycles. The molecule has 100 valence electrons. The first-order valence-electron chi connectivity index (χ1n) is 5.63. The number of likely N-dealkylation sites (tertiary alicyclic amines) is 1. The smallest absolute Gasteiger partial charge is 0.370 e. The molecule has 1 atom stereocenters. The van der Waals surface area contributed by atoms with Crippen molar-refractivity contribution in [3.8, 4) is 0 Å². The molecule has 0 spiro atoms. The Bertz CT molecular complexity index is 262. The summed E-state index contributed by atoms with van der Waals surface area (Å²) >= 11 is 0. The Morgan fingerprint density at radius 1 is 1.35 bits per heavy atom. The van der Waals surface area contributed by atoms with Crippen LogP contribution in [0.5, 0.6) is 0 Å². The molecular weight excluding hydrogens is 235 g/mol. The Morgan fingerprint density at radius 3 is 2.24 bits per heavy atom. The summed E-state index contributed by atoms with van der Waals surface area (Å²) in [6, 6.07) is -1.57. The van der Waals surface area contributed by atoms with Crippen molar-refractivity contribution in [2.45, 2.75) is 31.5 Å². The minimum Gasteiger partial charge on any atom is -0.370 e. The summed E-state index contributed by atoms with van der Waals surface area (Å²) in [5, 5.41) is 0. The number of rotatable bonds is 4. The average Bonchev–Trinajstić information content (AvgIpc) is 2.18. The van der Waals surface area contributed by atoms with E-state index in [1.165, 1.54) is 4.90 Å². The molecular formula is C10H18F3N3O. The van der Waals surface area contributed by atoms with Crippen molar-refractivity contribution in [1.29, 1.82) is 0 Å². The number of nitrogens with two attached hydrogens (primary N) is 2. The minimum absolute atomic E-state index is 0.107. The summed E-state index contributed by atoms with van der Waals surface area (Å²) in [5.74, 6) is -0.287. The van der Waals surface area contributed by atoms with Crippen LogP contribution in [0.15, 0.2) is 0 Å². The summed E-state index contributed by atoms with van der Waals surface area (Å²) in [7, 11) is 0. The summed E-state index contributed by atoms with van der Waals surface area (Å²) in [6.45, 7) is 0.211. The topological polar surface area (TPSA) is 72.3 Å². The molecule has 1 heterocycles. The summed E-state index contributed by atoms with van der Waals surface area (Å²) < 4.78 is 37.8. The maximum Gasteiger partial charge on any atom is 0.405 e. The van der Waals surface area contributed by atoms with Gasteiger partial charge in [0.15, 0.2) is 0 Å². The Hall–Kier alpha value is -0.820. The van der Waals surface area contributed by atoms with Crippen molar-refractivity contribution in [2.75, 3.05) is 19.6 Å². The van der Waals surface area contributed by atoms with Gasteiger partial charge < -0.3 is 11.5 Å². The number of hydrogen-bond donors (Lipinski definition) is 2. The minimum atomic E-state index is -4.29. The van der Waals surface area contributed by atoms with Crippen molar-refractivity contribution < 1.29 is 18.0 Å². The lowest BCUT2D eigenvalue weighted by Gasteiger charge is -2.37. The van der Waals surface area contributed by atoms with Gasteiger partial charge in [0.2, 0.25) is 5.91 Å². The van der Waals surface area contributed by atoms with E-state index in [-0.39, 0.29) is 12.3 Å². The highest BCUT2D eigenvalue weighted by Gasteiger charge is 2.43. The van der Waals surface area contributed by atoms with Crippen LogP contribution in [-0.2, 0) is 4.79 Å². The fourth-order valence-corrected chi connectivity index (χ4v) is 2.24. The van der Waals surface area contributed by atoms with Gasteiger partial charge in [0.1, 0.15) is 6.04 Å². The van der Waals surface area contributed by atoms with Crippen LogP contribution in [0.1, 0.15) is 19.3 Å². The molecule has 7 heteroatoms. The van der Waals surface area contributed by atoms with E-state index < -0.39 is 24.7 Å². The van der Waals surface area contributed by atoms with Crippen LogP contribution < -0.4 is 11.5 Å². The highest BCUT2D eigenvalue weighted by atomic mass is 19.4. The third kappa shape index (κ3) is 4.16. The molecule has 1 rings (SSSR count). The predicted molar refractivity (Wildman–Crippen MR) is 57.0 cm³/mol. The summed E-state index contributed by atoms with van der Waals surface area (Å²) in [5.41, 5.74) is 10.2. The normalized spacial score (nSPS) is 21.4. The van der Waals surface area contributed by atoms with Crippen LogP contribution in [0.3, 0.4) is 0 Å². The molecule has 0 radical (unpaired) electrons. The van der Waals surface area contributed by atoms with Gasteiger partial charge in [-0.1, -0.05) is 0 Å². The number of piperidine rings is 1. The number of primary amides is 1. The molecule has 4 N–H and O–H groups in total. The Morgan fingerprint density at radius 2 is 1.88 bits per heavy atom. The summed E-state index contributed by atoms with van der Waals surface area (Å²) in [6.07, 6.45) is -2.90. The van der Waals surface area contributed by atoms with E-state index in [4.69, 9.17) is 11.5 Å². The molecule has 1 amide bonds. The Balaban J connectivity index is 2.48. The van der Waals surface area contributed by atoms with Gasteiger partial charge in [-0.05, 0) is 31.8 Å². The van der Waals surface area contributed by atoms with Crippen LogP contribution in [0.25, 0.3) is 0 Å². The van der Waals surface area contributed by atoms with Crippen molar-refractivity contribution in [1.82, 2.24) is 4.90 Å². The van der Waals surface area contributed by atoms with Crippen LogP contribution in [0, 0.1) is 5.92 Å². The molecule has 0 saturated carbocycles. The lowest BCUT2D eigenvalue weighted by molar-refractivity contribution is -0.184. The lowest BCUT2D eigenvalue weighted by Crippen LogP contribution is -2.53. The largest absolute Gasteiger partial charge is 0.405 e. The van der Waals surface area contributed by atoms with Gasteiger partial charge in [-0.2, -0.15) is 13.2 Å². The monoisotopic (exact) mass is 253 g/mol. The molecule has 0 aromatic carbocycles. The molecule has 1 aliphatic rings. The number of carbonyl (C=O) groups is 1. The Labute approximate surface area is 98.1 Å². The van der Waals surface area contributed by atoms with Crippen LogP contribution in [0.2, 0.25) is 0 Å². The molecule has 4 nitrogen and oxygen atoms in total. The predicted octanol–water partition coefficient (Wildman–Crippen LogP) is 0.463. The van der Waals surface area contributed by atoms with E-state index in [0.717, 1.165) is 0 Å². The quantitative estimate of drug-likeness (QED) is 0.764. The van der Waals surface area contributed by atoms with Crippen LogP contribution >= 0.6 is 0 Å². The highest BCUT2D eigenvalue weighted by Crippen LogP contribution is 2.28. The summed E-state index contributed by atoms with van der Waals surface area (Å²) in [4.78, 5) is 12.1. The fourth-order valence-electron chi connectivity index (χ4n) is 2.24. The van der Waals surface area contributed by atoms with Gasteiger partial charge in [0.25, 0.3) is 0 Å². The third-order valence-corrected chi connectivity index (χ3v) is 3.18. The van der Waals surface area contributed by atoms with Crippen molar-refractivity contribution in [3.63, 3.8) is 0 Å². The fraction of sp³-hybridized carbons (Fsp3) is 0.900. The number of halogens is 3. The molecule has 17 heavy (non-hydrogen) atoms. The van der Waals surface area contributed by atoms with E-state index in [1.807, 2.05) is 0 Å². The second-order valence-electron chi connectivity index (χ2n) is 4.44. The number of nitrogens with zero attached hydrogens (tertiary/aromatic N) is 1. The van der Waals surface area contributed by atoms with E-state index in [1.54, 1.807) is 0 Å². The zero-order chi connectivity index (χ0) is 13.1. The van der Waals surface area contributed by atoms with Crippen LogP contribution in [-0.4, -0.2) is 42.7 Å². The number of amides is 1. The Kier molecular flexibility index (Phi) is 4.76. The van der Waals surface area contributed by atoms with Crippen molar-refractivity contribution >= 4 is 5.91 Å². The molecule has 0 aromatic heterocycles. The SMILES string of the molecule is NCC(N1CCC(CC(N)=O)CC1)C(F)(F)F. The average molecular weight is 253 g/mol. The number of hydrogen-bond acceptors (Lipinski definition) is 3. The van der Waals surface area contributed by atoms with Crippen LogP contribution in [0.4, 0.5) is 13.2 Å². The molecule has 0 aromatic rings. The molecule has 1 aliphatic heterocycles.